The number of nitrogens with zero attached hydrogens (tertiary/aromatic N) is 4. The molecule has 29 heavy (non-hydrogen) atoms. The number of aryl methyl sites for hydroxylation is 1. The standard InChI is InChI=1S/C18H17BrN4O5S/c1-29(27,28)23(13-8-6-12(19)7-9-13)16(18(25)26)10-11-22-17(24)14-4-2-3-5-15(14)20-21-22/h2-9,16H,10-11H2,1H3,(H,25,26). The maximum Gasteiger partial charge on any atom is 0.327 e. The Hall–Kier alpha value is -2.79. The van der Waals surface area contributed by atoms with Crippen molar-refractivity contribution in [2.45, 2.75) is 19.0 Å². The molecule has 1 N–H and O–H groups in total. The van der Waals surface area contributed by atoms with Crippen molar-refractivity contribution in [3.05, 3.63) is 63.4 Å². The fourth-order valence-corrected chi connectivity index (χ4v) is 4.37. The van der Waals surface area contributed by atoms with E-state index in [1.807, 2.05) is 0 Å². The topological polar surface area (TPSA) is 122 Å². The third-order valence-corrected chi connectivity index (χ3v) is 5.96. The van der Waals surface area contributed by atoms with Gasteiger partial charge >= 0.3 is 5.97 Å². The number of carboxylic acid groups (broad SMARTS) is 1. The zero-order chi connectivity index (χ0) is 21.2. The van der Waals surface area contributed by atoms with Crippen molar-refractivity contribution in [1.82, 2.24) is 15.0 Å². The fourth-order valence-electron chi connectivity index (χ4n) is 2.95. The summed E-state index contributed by atoms with van der Waals surface area (Å²) in [4.78, 5) is 24.5. The molecule has 3 aromatic rings. The van der Waals surface area contributed by atoms with Crippen molar-refractivity contribution in [3.63, 3.8) is 0 Å². The predicted molar refractivity (Wildman–Crippen MR) is 111 cm³/mol. The molecular formula is C18H17BrN4O5S. The minimum Gasteiger partial charge on any atom is -0.480 e. The number of aliphatic carboxylic acids is 1. The van der Waals surface area contributed by atoms with Gasteiger partial charge in [-0.15, -0.1) is 5.10 Å². The van der Waals surface area contributed by atoms with Gasteiger partial charge in [0.05, 0.1) is 17.3 Å². The number of carboxylic acids is 1. The average molecular weight is 481 g/mol. The predicted octanol–water partition coefficient (Wildman–Crippen LogP) is 1.86. The summed E-state index contributed by atoms with van der Waals surface area (Å²) >= 11 is 3.26. The molecule has 152 valence electrons. The average Bonchev–Trinajstić information content (AvgIpc) is 2.66. The molecule has 2 aromatic carbocycles. The first-order valence-corrected chi connectivity index (χ1v) is 11.1. The van der Waals surface area contributed by atoms with E-state index in [2.05, 4.69) is 26.2 Å². The molecule has 1 unspecified atom stereocenters. The number of sulfonamides is 1. The van der Waals surface area contributed by atoms with Crippen molar-refractivity contribution < 1.29 is 18.3 Å². The normalized spacial score (nSPS) is 12.6. The van der Waals surface area contributed by atoms with Crippen molar-refractivity contribution >= 4 is 48.5 Å². The van der Waals surface area contributed by atoms with Crippen LogP contribution in [0.4, 0.5) is 5.69 Å². The van der Waals surface area contributed by atoms with E-state index in [9.17, 15) is 23.1 Å². The Labute approximate surface area is 174 Å². The monoisotopic (exact) mass is 480 g/mol. The molecule has 0 bridgehead atoms. The van der Waals surface area contributed by atoms with E-state index < -0.39 is 27.6 Å². The van der Waals surface area contributed by atoms with Gasteiger partial charge in [0, 0.05) is 11.0 Å². The molecule has 0 saturated heterocycles. The summed E-state index contributed by atoms with van der Waals surface area (Å²) in [6.45, 7) is -0.115. The number of anilines is 1. The van der Waals surface area contributed by atoms with Crippen LogP contribution in [-0.2, 0) is 21.4 Å². The second-order valence-electron chi connectivity index (χ2n) is 6.31. The smallest absolute Gasteiger partial charge is 0.327 e. The highest BCUT2D eigenvalue weighted by Gasteiger charge is 2.32. The molecule has 3 rings (SSSR count). The zero-order valence-corrected chi connectivity index (χ0v) is 17.7. The van der Waals surface area contributed by atoms with Gasteiger partial charge in [-0.3, -0.25) is 9.10 Å². The van der Waals surface area contributed by atoms with Crippen LogP contribution in [0.25, 0.3) is 10.9 Å². The Bertz CT molecular complexity index is 1210. The van der Waals surface area contributed by atoms with E-state index in [0.29, 0.717) is 10.9 Å². The molecule has 1 aromatic heterocycles. The van der Waals surface area contributed by atoms with Crippen LogP contribution >= 0.6 is 15.9 Å². The molecule has 0 spiro atoms. The summed E-state index contributed by atoms with van der Waals surface area (Å²) in [7, 11) is -3.91. The first-order valence-electron chi connectivity index (χ1n) is 8.49. The van der Waals surface area contributed by atoms with Crippen molar-refractivity contribution in [2.24, 2.45) is 0 Å². The van der Waals surface area contributed by atoms with Crippen molar-refractivity contribution in [3.8, 4) is 0 Å². The van der Waals surface area contributed by atoms with Crippen LogP contribution in [0.2, 0.25) is 0 Å². The van der Waals surface area contributed by atoms with Crippen LogP contribution in [0.1, 0.15) is 6.42 Å². The Morgan fingerprint density at radius 1 is 1.21 bits per heavy atom. The van der Waals surface area contributed by atoms with Crippen molar-refractivity contribution in [2.75, 3.05) is 10.6 Å². The highest BCUT2D eigenvalue weighted by atomic mass is 79.9. The fraction of sp³-hybridized carbons (Fsp3) is 0.222. The summed E-state index contributed by atoms with van der Waals surface area (Å²) in [5, 5.41) is 17.8. The quantitative estimate of drug-likeness (QED) is 0.547. The highest BCUT2D eigenvalue weighted by Crippen LogP contribution is 2.24. The Kier molecular flexibility index (Phi) is 5.99. The van der Waals surface area contributed by atoms with Gasteiger partial charge in [-0.2, -0.15) is 0 Å². The lowest BCUT2D eigenvalue weighted by Crippen LogP contribution is -2.46. The minimum absolute atomic E-state index is 0.115. The van der Waals surface area contributed by atoms with Crippen molar-refractivity contribution in [1.29, 1.82) is 0 Å². The number of rotatable bonds is 7. The molecule has 9 nitrogen and oxygen atoms in total. The Balaban J connectivity index is 1.95. The number of carbonyl (C=O) groups is 1. The molecule has 0 radical (unpaired) electrons. The zero-order valence-electron chi connectivity index (χ0n) is 15.3. The summed E-state index contributed by atoms with van der Waals surface area (Å²) in [5.74, 6) is -1.33. The summed E-state index contributed by atoms with van der Waals surface area (Å²) < 4.78 is 27.3. The summed E-state index contributed by atoms with van der Waals surface area (Å²) in [6, 6.07) is 11.5. The third-order valence-electron chi connectivity index (χ3n) is 4.25. The molecule has 1 atom stereocenters. The first kappa shape index (κ1) is 20.9. The van der Waals surface area contributed by atoms with Gasteiger partial charge in [0.25, 0.3) is 5.56 Å². The third kappa shape index (κ3) is 4.62. The van der Waals surface area contributed by atoms with Gasteiger partial charge in [0.1, 0.15) is 11.6 Å². The second kappa shape index (κ2) is 8.29. The molecule has 0 fully saturated rings. The Morgan fingerprint density at radius 3 is 2.48 bits per heavy atom. The molecule has 0 aliphatic rings. The van der Waals surface area contributed by atoms with E-state index in [1.54, 1.807) is 36.4 Å². The van der Waals surface area contributed by atoms with Crippen LogP contribution in [0, 0.1) is 0 Å². The van der Waals surface area contributed by atoms with E-state index >= 15 is 0 Å². The van der Waals surface area contributed by atoms with E-state index in [1.165, 1.54) is 12.1 Å². The molecule has 1 heterocycles. The molecule has 0 aliphatic heterocycles. The SMILES string of the molecule is CS(=O)(=O)N(c1ccc(Br)cc1)C(CCn1nnc2ccccc2c1=O)C(=O)O. The lowest BCUT2D eigenvalue weighted by atomic mass is 10.2. The highest BCUT2D eigenvalue weighted by molar-refractivity contribution is 9.10. The number of benzene rings is 2. The molecule has 0 amide bonds. The van der Waals surface area contributed by atoms with E-state index in [0.717, 1.165) is 19.7 Å². The molecular weight excluding hydrogens is 464 g/mol. The second-order valence-corrected chi connectivity index (χ2v) is 9.09. The summed E-state index contributed by atoms with van der Waals surface area (Å²) in [6.07, 6.45) is 0.762. The lowest BCUT2D eigenvalue weighted by Gasteiger charge is -2.28. The van der Waals surface area contributed by atoms with Gasteiger partial charge in [0.2, 0.25) is 10.0 Å². The van der Waals surface area contributed by atoms with Crippen LogP contribution in [0.5, 0.6) is 0 Å². The van der Waals surface area contributed by atoms with Crippen LogP contribution in [0.3, 0.4) is 0 Å². The maximum atomic E-state index is 12.6. The van der Waals surface area contributed by atoms with Gasteiger partial charge in [-0.25, -0.2) is 17.9 Å². The number of halogens is 1. The van der Waals surface area contributed by atoms with Crippen LogP contribution in [0.15, 0.2) is 57.8 Å². The van der Waals surface area contributed by atoms with Crippen LogP contribution in [-0.4, -0.2) is 46.8 Å². The van der Waals surface area contributed by atoms with Gasteiger partial charge < -0.3 is 5.11 Å². The number of hydrogen-bond acceptors (Lipinski definition) is 6. The number of aromatic nitrogens is 3. The Morgan fingerprint density at radius 2 is 1.86 bits per heavy atom. The molecule has 0 aliphatic carbocycles. The maximum absolute atomic E-state index is 12.6. The molecule has 0 saturated carbocycles. The van der Waals surface area contributed by atoms with E-state index in [4.69, 9.17) is 0 Å². The van der Waals surface area contributed by atoms with Gasteiger partial charge in [0.15, 0.2) is 0 Å². The minimum atomic E-state index is -3.91. The number of fused-ring (bicyclic) bond motifs is 1. The van der Waals surface area contributed by atoms with Crippen LogP contribution < -0.4 is 9.86 Å². The first-order chi connectivity index (χ1) is 13.7. The lowest BCUT2D eigenvalue weighted by molar-refractivity contribution is -0.138. The number of hydrogen-bond donors (Lipinski definition) is 1. The largest absolute Gasteiger partial charge is 0.480 e. The van der Waals surface area contributed by atoms with Gasteiger partial charge in [-0.1, -0.05) is 33.3 Å². The van der Waals surface area contributed by atoms with Gasteiger partial charge in [-0.05, 0) is 42.8 Å². The summed E-state index contributed by atoms with van der Waals surface area (Å²) in [5.41, 5.74) is 0.213. The van der Waals surface area contributed by atoms with E-state index in [-0.39, 0.29) is 18.7 Å². The molecule has 11 heteroatoms.